The van der Waals surface area contributed by atoms with Gasteiger partial charge in [0.1, 0.15) is 11.9 Å². The highest BCUT2D eigenvalue weighted by Crippen LogP contribution is 2.36. The van der Waals surface area contributed by atoms with Crippen molar-refractivity contribution in [2.75, 3.05) is 31.9 Å². The van der Waals surface area contributed by atoms with Crippen LogP contribution in [0, 0.1) is 5.82 Å². The Morgan fingerprint density at radius 2 is 1.76 bits per heavy atom. The van der Waals surface area contributed by atoms with Gasteiger partial charge in [0.25, 0.3) is 11.8 Å². The van der Waals surface area contributed by atoms with Gasteiger partial charge in [0.05, 0.1) is 16.9 Å². The smallest absolute Gasteiger partial charge is 0.258 e. The molecule has 10 heteroatoms. The lowest BCUT2D eigenvalue weighted by molar-refractivity contribution is 0.0644. The number of aromatic nitrogens is 2. The van der Waals surface area contributed by atoms with Crippen LogP contribution in [-0.4, -0.2) is 57.9 Å². The number of hydrogen-bond donors (Lipinski definition) is 1. The Kier molecular flexibility index (Phi) is 8.02. The van der Waals surface area contributed by atoms with Gasteiger partial charge in [0.2, 0.25) is 0 Å². The number of nitrogen functional groups attached to an aromatic ring is 1. The Morgan fingerprint density at radius 1 is 1.08 bits per heavy atom. The van der Waals surface area contributed by atoms with Gasteiger partial charge in [0.15, 0.2) is 5.82 Å². The normalized spacial score (nSPS) is 17.5. The quantitative estimate of drug-likeness (QED) is 0.373. The van der Waals surface area contributed by atoms with Gasteiger partial charge in [-0.3, -0.25) is 4.79 Å². The van der Waals surface area contributed by atoms with E-state index in [0.29, 0.717) is 22.9 Å². The number of benzene rings is 2. The molecule has 1 unspecified atom stereocenters. The molecule has 0 radical (unpaired) electrons. The van der Waals surface area contributed by atoms with Crippen molar-refractivity contribution in [1.82, 2.24) is 19.8 Å². The Bertz CT molecular complexity index is 1310. The number of nitrogens with two attached hydrogens (primary N) is 1. The second-order valence-corrected chi connectivity index (χ2v) is 10.6. The minimum absolute atomic E-state index is 0.0431. The number of likely N-dealkylation sites (tertiary alicyclic amines) is 2. The zero-order chi connectivity index (χ0) is 26.8. The highest BCUT2D eigenvalue weighted by atomic mass is 35.5. The molecule has 1 atom stereocenters. The number of carbonyl (C=O) groups excluding carboxylic acids is 1. The number of ether oxygens (including phenoxy) is 1. The maximum Gasteiger partial charge on any atom is 0.258 e. The first-order chi connectivity index (χ1) is 18.3. The van der Waals surface area contributed by atoms with Crippen LogP contribution >= 0.6 is 23.2 Å². The number of piperidine rings is 1. The van der Waals surface area contributed by atoms with Gasteiger partial charge in [-0.25, -0.2) is 14.4 Å². The molecule has 2 aromatic carbocycles. The van der Waals surface area contributed by atoms with Gasteiger partial charge < -0.3 is 20.3 Å². The second-order valence-electron chi connectivity index (χ2n) is 9.81. The Balaban J connectivity index is 1.27. The molecular formula is C28H30Cl2FN5O2. The number of rotatable bonds is 6. The van der Waals surface area contributed by atoms with Crippen molar-refractivity contribution in [3.8, 4) is 17.1 Å². The molecule has 1 amide bonds. The molecule has 38 heavy (non-hydrogen) atoms. The van der Waals surface area contributed by atoms with Crippen LogP contribution in [0.4, 0.5) is 10.2 Å². The van der Waals surface area contributed by atoms with Crippen LogP contribution < -0.4 is 10.5 Å². The molecule has 2 aliphatic rings. The lowest BCUT2D eigenvalue weighted by Crippen LogP contribution is -2.45. The van der Waals surface area contributed by atoms with Crippen LogP contribution in [0.5, 0.6) is 5.88 Å². The van der Waals surface area contributed by atoms with E-state index in [9.17, 15) is 9.18 Å². The van der Waals surface area contributed by atoms with Crippen molar-refractivity contribution in [3.63, 3.8) is 0 Å². The molecule has 0 aliphatic carbocycles. The Labute approximate surface area is 231 Å². The molecule has 1 aromatic heterocycles. The number of halogens is 3. The zero-order valence-electron chi connectivity index (χ0n) is 21.2. The molecule has 0 spiro atoms. The van der Waals surface area contributed by atoms with Crippen molar-refractivity contribution in [3.05, 3.63) is 69.6 Å². The molecule has 0 saturated carbocycles. The van der Waals surface area contributed by atoms with E-state index in [4.69, 9.17) is 33.7 Å². The van der Waals surface area contributed by atoms with Crippen LogP contribution in [0.15, 0.2) is 42.6 Å². The average Bonchev–Trinajstić information content (AvgIpc) is 3.47. The third-order valence-corrected chi connectivity index (χ3v) is 8.09. The summed E-state index contributed by atoms with van der Waals surface area (Å²) in [5.74, 6) is -0.401. The highest BCUT2D eigenvalue weighted by Gasteiger charge is 2.28. The van der Waals surface area contributed by atoms with Crippen LogP contribution in [0.1, 0.15) is 54.6 Å². The van der Waals surface area contributed by atoms with Gasteiger partial charge in [-0.1, -0.05) is 35.3 Å². The van der Waals surface area contributed by atoms with Crippen molar-refractivity contribution >= 4 is 34.9 Å². The minimum atomic E-state index is -0.729. The Hall–Kier alpha value is -2.94. The maximum absolute atomic E-state index is 14.0. The van der Waals surface area contributed by atoms with Crippen molar-refractivity contribution in [1.29, 1.82) is 0 Å². The van der Waals surface area contributed by atoms with Crippen molar-refractivity contribution < 1.29 is 13.9 Å². The van der Waals surface area contributed by atoms with E-state index in [1.165, 1.54) is 44.3 Å². The van der Waals surface area contributed by atoms with E-state index in [2.05, 4.69) is 14.9 Å². The number of amides is 1. The summed E-state index contributed by atoms with van der Waals surface area (Å²) in [5.41, 5.74) is 8.21. The topological polar surface area (TPSA) is 84.6 Å². The lowest BCUT2D eigenvalue weighted by Gasteiger charge is -2.36. The number of anilines is 1. The fraction of sp³-hybridized carbons (Fsp3) is 0.393. The molecule has 200 valence electrons. The van der Waals surface area contributed by atoms with Gasteiger partial charge >= 0.3 is 0 Å². The van der Waals surface area contributed by atoms with E-state index < -0.39 is 11.9 Å². The second kappa shape index (κ2) is 11.4. The first kappa shape index (κ1) is 26.7. The monoisotopic (exact) mass is 557 g/mol. The molecule has 3 aromatic rings. The molecule has 2 aliphatic heterocycles. The first-order valence-corrected chi connectivity index (χ1v) is 13.6. The van der Waals surface area contributed by atoms with E-state index in [1.54, 1.807) is 19.1 Å². The fourth-order valence-corrected chi connectivity index (χ4v) is 5.93. The Morgan fingerprint density at radius 3 is 2.45 bits per heavy atom. The number of hydrogen-bond acceptors (Lipinski definition) is 6. The molecule has 2 N–H and O–H groups in total. The van der Waals surface area contributed by atoms with Gasteiger partial charge in [-0.2, -0.15) is 0 Å². The predicted molar refractivity (Wildman–Crippen MR) is 147 cm³/mol. The summed E-state index contributed by atoms with van der Waals surface area (Å²) in [6.45, 7) is 5.61. The SMILES string of the molecule is CC(Oc1nc(-c2ccc(C(=O)N3CCC(N4CCCC4)CC3)cc2)cnc1N)c1c(Cl)ccc(F)c1Cl. The zero-order valence-corrected chi connectivity index (χ0v) is 22.7. The summed E-state index contributed by atoms with van der Waals surface area (Å²) < 4.78 is 19.9. The summed E-state index contributed by atoms with van der Waals surface area (Å²) in [6.07, 6.45) is 5.43. The average molecular weight is 558 g/mol. The summed E-state index contributed by atoms with van der Waals surface area (Å²) in [6, 6.07) is 10.5. The minimum Gasteiger partial charge on any atom is -0.467 e. The molecule has 0 bridgehead atoms. The fourth-order valence-electron chi connectivity index (χ4n) is 5.26. The third kappa shape index (κ3) is 5.58. The number of carbonyl (C=O) groups is 1. The molecule has 3 heterocycles. The molecular weight excluding hydrogens is 528 g/mol. The molecule has 2 saturated heterocycles. The van der Waals surface area contributed by atoms with Crippen LogP contribution in [0.3, 0.4) is 0 Å². The van der Waals surface area contributed by atoms with Crippen molar-refractivity contribution in [2.45, 2.75) is 44.8 Å². The first-order valence-electron chi connectivity index (χ1n) is 12.9. The van der Waals surface area contributed by atoms with E-state index in [-0.39, 0.29) is 27.7 Å². The van der Waals surface area contributed by atoms with Gasteiger partial charge in [-0.05, 0) is 70.0 Å². The predicted octanol–water partition coefficient (Wildman–Crippen LogP) is 6.01. The van der Waals surface area contributed by atoms with Crippen LogP contribution in [-0.2, 0) is 0 Å². The summed E-state index contributed by atoms with van der Waals surface area (Å²) in [7, 11) is 0. The third-order valence-electron chi connectivity index (χ3n) is 7.38. The summed E-state index contributed by atoms with van der Waals surface area (Å²) in [4.78, 5) is 26.3. The lowest BCUT2D eigenvalue weighted by atomic mass is 10.0. The standard InChI is InChI=1S/C28H30Cl2FN5O2/c1-17(24-21(29)8-9-22(31)25(24)30)38-27-26(32)33-16-23(34-27)18-4-6-19(7-5-18)28(37)36-14-10-20(11-15-36)35-12-2-3-13-35/h4-9,16-17,20H,2-3,10-15H2,1H3,(H2,32,33). The van der Waals surface area contributed by atoms with Crippen LogP contribution in [0.25, 0.3) is 11.3 Å². The van der Waals surface area contributed by atoms with Crippen molar-refractivity contribution in [2.24, 2.45) is 0 Å². The maximum atomic E-state index is 14.0. The summed E-state index contributed by atoms with van der Waals surface area (Å²) in [5, 5.41) is 0.153. The molecule has 5 rings (SSSR count). The van der Waals surface area contributed by atoms with E-state index in [1.807, 2.05) is 17.0 Å². The highest BCUT2D eigenvalue weighted by molar-refractivity contribution is 6.36. The van der Waals surface area contributed by atoms with Crippen LogP contribution in [0.2, 0.25) is 10.0 Å². The largest absolute Gasteiger partial charge is 0.467 e. The van der Waals surface area contributed by atoms with Gasteiger partial charge in [-0.15, -0.1) is 0 Å². The van der Waals surface area contributed by atoms with Gasteiger partial charge in [0, 0.05) is 40.8 Å². The molecule has 7 nitrogen and oxygen atoms in total. The van der Waals surface area contributed by atoms with E-state index in [0.717, 1.165) is 31.5 Å². The number of nitrogens with zero attached hydrogens (tertiary/aromatic N) is 4. The van der Waals surface area contributed by atoms with E-state index >= 15 is 0 Å². The molecule has 2 fully saturated rings. The summed E-state index contributed by atoms with van der Waals surface area (Å²) >= 11 is 12.4.